The molecule has 17 heteroatoms. The first-order valence-electron chi connectivity index (χ1n) is 22.3. The summed E-state index contributed by atoms with van der Waals surface area (Å²) in [7, 11) is 0. The number of carbonyl (C=O) groups excluding carboxylic acids is 4. The predicted octanol–water partition coefficient (Wildman–Crippen LogP) is 11.1. The number of likely N-dealkylation sites (tertiary alicyclic amines) is 2. The highest BCUT2D eigenvalue weighted by atomic mass is 35.5. The summed E-state index contributed by atoms with van der Waals surface area (Å²) < 4.78 is 10.4. The van der Waals surface area contributed by atoms with Crippen LogP contribution in [0.25, 0.3) is 34.4 Å². The molecule has 67 heavy (non-hydrogen) atoms. The molecule has 2 amide bonds. The Labute approximate surface area is 413 Å². The Morgan fingerprint density at radius 2 is 1.01 bits per heavy atom. The van der Waals surface area contributed by atoms with Gasteiger partial charge in [0.2, 0.25) is 11.8 Å². The predicted molar refractivity (Wildman–Crippen MR) is 258 cm³/mol. The average Bonchev–Trinajstić information content (AvgIpc) is 3.35. The summed E-state index contributed by atoms with van der Waals surface area (Å²) in [5.74, 6) is -0.188. The van der Waals surface area contributed by atoms with Crippen molar-refractivity contribution in [1.29, 1.82) is 0 Å². The Morgan fingerprint density at radius 1 is 0.612 bits per heavy atom. The number of halogens is 4. The molecule has 0 unspecified atom stereocenters. The van der Waals surface area contributed by atoms with Crippen LogP contribution in [0.4, 0.5) is 0 Å². The first-order valence-corrected chi connectivity index (χ1v) is 24.6. The van der Waals surface area contributed by atoms with Gasteiger partial charge in [-0.15, -0.1) is 0 Å². The van der Waals surface area contributed by atoms with Crippen LogP contribution in [-0.4, -0.2) is 86.2 Å². The number of rotatable bonds is 12. The molecule has 0 saturated carbocycles. The van der Waals surface area contributed by atoms with Crippen LogP contribution in [0.5, 0.6) is 11.5 Å². The summed E-state index contributed by atoms with van der Waals surface area (Å²) in [4.78, 5) is 77.7. The van der Waals surface area contributed by atoms with Gasteiger partial charge in [-0.1, -0.05) is 70.3 Å². The molecule has 0 atom stereocenters. The summed E-state index contributed by atoms with van der Waals surface area (Å²) in [5, 5.41) is 0.891. The Bertz CT molecular complexity index is 2450. The van der Waals surface area contributed by atoms with Crippen molar-refractivity contribution < 1.29 is 48.2 Å². The van der Waals surface area contributed by atoms with Gasteiger partial charge >= 0.3 is 11.9 Å². The number of hydrogen-bond acceptors (Lipinski definition) is 11. The van der Waals surface area contributed by atoms with Crippen molar-refractivity contribution in [2.75, 3.05) is 52.6 Å². The number of nitrogens with zero attached hydrogens (tertiary/aromatic N) is 2. The molecule has 8 rings (SSSR count). The first-order chi connectivity index (χ1) is 32.4. The molecular formula is C50H48Cl4N2O10S. The van der Waals surface area contributed by atoms with Crippen molar-refractivity contribution in [1.82, 2.24) is 9.80 Å². The van der Waals surface area contributed by atoms with Crippen molar-refractivity contribution in [2.45, 2.75) is 62.2 Å². The number of piperidine rings is 2. The van der Waals surface area contributed by atoms with Gasteiger partial charge in [-0.2, -0.15) is 9.78 Å². The van der Waals surface area contributed by atoms with Crippen LogP contribution in [0.2, 0.25) is 20.1 Å². The standard InChI is InChI=1S/C50H48Cl4N2O10S/c1-3-61-49(59)29-13-19-55(20-14-29)43(57)11-7-35-37(31-5-9-39-33(25-31)17-23-63-65-39)27-41(47(53)45(35)51)67-42-28-38(32-6-10-40-34(26-32)18-24-64-66-40)36(46(52)48(42)54)8-12-44(58)56-21-15-30(16-22-56)50(60)62-4-2/h5-12,25-30H,3-4,13-24H2,1-2H3. The lowest BCUT2D eigenvalue weighted by molar-refractivity contribution is -0.215. The van der Waals surface area contributed by atoms with E-state index in [0.29, 0.717) is 135 Å². The largest absolute Gasteiger partial charge is 0.466 e. The lowest BCUT2D eigenvalue weighted by Crippen LogP contribution is -2.39. The number of carbonyl (C=O) groups is 4. The molecular weight excluding hydrogens is 962 g/mol. The summed E-state index contributed by atoms with van der Waals surface area (Å²) >= 11 is 30.0. The molecule has 4 heterocycles. The van der Waals surface area contributed by atoms with Gasteiger partial charge in [0, 0.05) is 83.2 Å². The monoisotopic (exact) mass is 1010 g/mol. The number of esters is 2. The molecule has 2 fully saturated rings. The Kier molecular flexibility index (Phi) is 16.1. The molecule has 0 bridgehead atoms. The Morgan fingerprint density at radius 3 is 1.40 bits per heavy atom. The fourth-order valence-corrected chi connectivity index (χ4v) is 10.7. The molecule has 0 aromatic heterocycles. The van der Waals surface area contributed by atoms with Crippen molar-refractivity contribution in [3.05, 3.63) is 103 Å². The van der Waals surface area contributed by atoms with Crippen LogP contribution in [0.1, 0.15) is 61.8 Å². The van der Waals surface area contributed by atoms with E-state index in [1.54, 1.807) is 35.8 Å². The van der Waals surface area contributed by atoms with E-state index in [1.165, 1.54) is 23.9 Å². The molecule has 4 aliphatic heterocycles. The lowest BCUT2D eigenvalue weighted by Gasteiger charge is -2.30. The van der Waals surface area contributed by atoms with Gasteiger partial charge in [0.1, 0.15) is 0 Å². The van der Waals surface area contributed by atoms with E-state index in [4.69, 9.17) is 75.4 Å². The van der Waals surface area contributed by atoms with Gasteiger partial charge < -0.3 is 29.0 Å². The second kappa shape index (κ2) is 22.1. The van der Waals surface area contributed by atoms with Crippen LogP contribution in [-0.2, 0) is 51.3 Å². The van der Waals surface area contributed by atoms with Crippen molar-refractivity contribution in [3.8, 4) is 33.8 Å². The fourth-order valence-electron chi connectivity index (χ4n) is 8.58. The molecule has 4 aromatic rings. The summed E-state index contributed by atoms with van der Waals surface area (Å²) in [6.45, 7) is 6.61. The average molecular weight is 1010 g/mol. The number of benzene rings is 4. The molecule has 4 aliphatic rings. The SMILES string of the molecule is CCOC(=O)C1CCN(C(=O)C=Cc2c(-c3ccc4c(c3)CCOO4)cc(Sc3cc(-c4ccc5c(c4)CCOO5)c(C=CC(=O)N4CCC(C(=O)OCC)CC4)c(Cl)c3Cl)c(Cl)c2Cl)CC1. The fraction of sp³-hybridized carbons (Fsp3) is 0.360. The zero-order valence-electron chi connectivity index (χ0n) is 36.9. The number of hydrogen-bond donors (Lipinski definition) is 0. The van der Waals surface area contributed by atoms with E-state index in [9.17, 15) is 19.2 Å². The van der Waals surface area contributed by atoms with Crippen LogP contribution in [0, 0.1) is 11.8 Å². The summed E-state index contributed by atoms with van der Waals surface area (Å²) in [6.07, 6.45) is 9.62. The Hall–Kier alpha value is -4.73. The van der Waals surface area contributed by atoms with Crippen LogP contribution in [0.15, 0.2) is 70.5 Å². The maximum absolute atomic E-state index is 13.6. The molecule has 0 spiro atoms. The highest BCUT2D eigenvalue weighted by Crippen LogP contribution is 2.49. The second-order valence-corrected chi connectivity index (χ2v) is 19.0. The number of amides is 2. The first kappa shape index (κ1) is 48.7. The molecule has 0 aliphatic carbocycles. The zero-order chi connectivity index (χ0) is 47.2. The van der Waals surface area contributed by atoms with Crippen LogP contribution in [0.3, 0.4) is 0 Å². The normalized spacial score (nSPS) is 16.6. The molecule has 0 radical (unpaired) electrons. The van der Waals surface area contributed by atoms with E-state index in [-0.39, 0.29) is 55.7 Å². The third-order valence-electron chi connectivity index (χ3n) is 12.2. The van der Waals surface area contributed by atoms with Crippen LogP contribution >= 0.6 is 58.2 Å². The highest BCUT2D eigenvalue weighted by molar-refractivity contribution is 7.99. The van der Waals surface area contributed by atoms with Gasteiger partial charge in [0.15, 0.2) is 11.5 Å². The van der Waals surface area contributed by atoms with Gasteiger partial charge in [-0.05, 0) is 110 Å². The van der Waals surface area contributed by atoms with Crippen molar-refractivity contribution in [2.24, 2.45) is 11.8 Å². The summed E-state index contributed by atoms with van der Waals surface area (Å²) in [5.41, 5.74) is 5.91. The molecule has 352 valence electrons. The van der Waals surface area contributed by atoms with Gasteiger partial charge in [-0.3, -0.25) is 19.2 Å². The number of ether oxygens (including phenoxy) is 2. The van der Waals surface area contributed by atoms with Gasteiger partial charge in [0.25, 0.3) is 0 Å². The maximum atomic E-state index is 13.6. The van der Waals surface area contributed by atoms with Gasteiger partial charge in [-0.25, -0.2) is 0 Å². The maximum Gasteiger partial charge on any atom is 0.309 e. The summed E-state index contributed by atoms with van der Waals surface area (Å²) in [6, 6.07) is 15.3. The molecule has 4 aromatic carbocycles. The van der Waals surface area contributed by atoms with E-state index in [2.05, 4.69) is 0 Å². The van der Waals surface area contributed by atoms with E-state index in [1.807, 2.05) is 48.5 Å². The minimum Gasteiger partial charge on any atom is -0.466 e. The minimum absolute atomic E-state index is 0.216. The van der Waals surface area contributed by atoms with E-state index < -0.39 is 0 Å². The third-order valence-corrected chi connectivity index (χ3v) is 15.3. The number of fused-ring (bicyclic) bond motifs is 2. The zero-order valence-corrected chi connectivity index (χ0v) is 40.7. The lowest BCUT2D eigenvalue weighted by atomic mass is 9.95. The Balaban J connectivity index is 1.14. The molecule has 12 nitrogen and oxygen atoms in total. The van der Waals surface area contributed by atoms with E-state index >= 15 is 0 Å². The topological polar surface area (TPSA) is 130 Å². The van der Waals surface area contributed by atoms with Crippen molar-refractivity contribution in [3.63, 3.8) is 0 Å². The third kappa shape index (κ3) is 11.1. The van der Waals surface area contributed by atoms with Gasteiger partial charge in [0.05, 0.1) is 58.4 Å². The van der Waals surface area contributed by atoms with Crippen LogP contribution < -0.4 is 9.78 Å². The highest BCUT2D eigenvalue weighted by Gasteiger charge is 2.30. The second-order valence-electron chi connectivity index (χ2n) is 16.4. The van der Waals surface area contributed by atoms with E-state index in [0.717, 1.165) is 22.3 Å². The molecule has 2 saturated heterocycles. The minimum atomic E-state index is -0.241. The molecule has 0 N–H and O–H groups in total. The van der Waals surface area contributed by atoms with Crippen molar-refractivity contribution >= 4 is 94.1 Å². The quantitative estimate of drug-likeness (QED) is 0.0764. The smallest absolute Gasteiger partial charge is 0.309 e.